The van der Waals surface area contributed by atoms with Crippen molar-refractivity contribution in [2.45, 2.75) is 29.0 Å². The van der Waals surface area contributed by atoms with Gasteiger partial charge in [0.25, 0.3) is 11.6 Å². The number of thiazole rings is 1. The van der Waals surface area contributed by atoms with Crippen LogP contribution in [0.2, 0.25) is 0 Å². The van der Waals surface area contributed by atoms with Gasteiger partial charge in [0.2, 0.25) is 5.91 Å². The number of aryl methyl sites for hydroxylation is 1. The van der Waals surface area contributed by atoms with Gasteiger partial charge in [-0.1, -0.05) is 11.8 Å². The number of anilines is 2. The molecule has 3 N–H and O–H groups in total. The molecule has 1 fully saturated rings. The number of hydrogen-bond donors (Lipinski definition) is 2. The van der Waals surface area contributed by atoms with Gasteiger partial charge in [0.15, 0.2) is 4.34 Å². The second-order valence-electron chi connectivity index (χ2n) is 7.84. The maximum atomic E-state index is 12.7. The van der Waals surface area contributed by atoms with Crippen LogP contribution < -0.4 is 16.0 Å². The maximum absolute atomic E-state index is 12.7. The number of nitrogens with one attached hydrogen (secondary N) is 1. The third-order valence-electron chi connectivity index (χ3n) is 5.37. The number of pyridine rings is 1. The molecule has 0 radical (unpaired) electrons. The lowest BCUT2D eigenvalue weighted by molar-refractivity contribution is -0.387. The highest BCUT2D eigenvalue weighted by molar-refractivity contribution is 8.01. The fourth-order valence-corrected chi connectivity index (χ4v) is 5.51. The Morgan fingerprint density at radius 1 is 1.32 bits per heavy atom. The van der Waals surface area contributed by atoms with Crippen LogP contribution >= 0.6 is 23.1 Å². The number of nitrogens with zero attached hydrogens (tertiary/aromatic N) is 4. The fraction of sp³-hybridized carbons (Fsp3) is 0.273. The molecule has 3 heterocycles. The third kappa shape index (κ3) is 5.51. The number of nitro groups is 1. The zero-order valence-corrected chi connectivity index (χ0v) is 19.9. The summed E-state index contributed by atoms with van der Waals surface area (Å²) in [5.41, 5.74) is 6.74. The van der Waals surface area contributed by atoms with E-state index in [1.165, 1.54) is 35.4 Å². The van der Waals surface area contributed by atoms with Crippen molar-refractivity contribution in [3.63, 3.8) is 0 Å². The first kappa shape index (κ1) is 23.6. The molecule has 12 heteroatoms. The van der Waals surface area contributed by atoms with E-state index in [1.807, 2.05) is 17.2 Å². The zero-order chi connectivity index (χ0) is 24.2. The highest BCUT2D eigenvalue weighted by Crippen LogP contribution is 2.37. The maximum Gasteiger partial charge on any atom is 0.284 e. The van der Waals surface area contributed by atoms with Crippen molar-refractivity contribution in [1.29, 1.82) is 0 Å². The van der Waals surface area contributed by atoms with Crippen LogP contribution in [0.3, 0.4) is 0 Å². The smallest absolute Gasteiger partial charge is 0.284 e. The predicted molar refractivity (Wildman–Crippen MR) is 130 cm³/mol. The molecule has 0 saturated carbocycles. The monoisotopic (exact) mass is 498 g/mol. The molecule has 1 aromatic carbocycles. The molecule has 1 aliphatic rings. The Morgan fingerprint density at radius 3 is 2.79 bits per heavy atom. The van der Waals surface area contributed by atoms with E-state index in [0.717, 1.165) is 25.1 Å². The molecule has 3 aromatic rings. The molecule has 0 spiro atoms. The third-order valence-corrected chi connectivity index (χ3v) is 7.49. The number of amides is 2. The van der Waals surface area contributed by atoms with Gasteiger partial charge in [-0.3, -0.25) is 19.7 Å². The molecule has 1 atom stereocenters. The van der Waals surface area contributed by atoms with Crippen LogP contribution in [-0.4, -0.2) is 39.8 Å². The number of nitrogens with two attached hydrogens (primary N) is 1. The normalized spacial score (nSPS) is 15.7. The van der Waals surface area contributed by atoms with Crippen LogP contribution in [0.25, 0.3) is 0 Å². The van der Waals surface area contributed by atoms with E-state index in [9.17, 15) is 19.7 Å². The van der Waals surface area contributed by atoms with Crippen molar-refractivity contribution < 1.29 is 14.5 Å². The Labute approximate surface area is 203 Å². The van der Waals surface area contributed by atoms with Crippen LogP contribution in [0.1, 0.15) is 28.9 Å². The van der Waals surface area contributed by atoms with Gasteiger partial charge < -0.3 is 16.0 Å². The van der Waals surface area contributed by atoms with Gasteiger partial charge in [0.1, 0.15) is 5.82 Å². The Bertz CT molecular complexity index is 1230. The molecule has 1 unspecified atom stereocenters. The Morgan fingerprint density at radius 2 is 2.15 bits per heavy atom. The van der Waals surface area contributed by atoms with Crippen LogP contribution in [0.15, 0.2) is 51.1 Å². The average molecular weight is 499 g/mol. The lowest BCUT2D eigenvalue weighted by Gasteiger charge is -2.32. The molecule has 0 bridgehead atoms. The summed E-state index contributed by atoms with van der Waals surface area (Å²) >= 11 is 2.60. The average Bonchev–Trinajstić information content (AvgIpc) is 3.24. The number of rotatable bonds is 7. The van der Waals surface area contributed by atoms with E-state index >= 15 is 0 Å². The summed E-state index contributed by atoms with van der Waals surface area (Å²) < 4.78 is 0.694. The largest absolute Gasteiger partial charge is 0.369 e. The quantitative estimate of drug-likeness (QED) is 0.369. The van der Waals surface area contributed by atoms with Crippen molar-refractivity contribution in [2.75, 3.05) is 23.3 Å². The zero-order valence-electron chi connectivity index (χ0n) is 18.3. The molecular formula is C22H22N6O4S2. The van der Waals surface area contributed by atoms with E-state index in [1.54, 1.807) is 24.3 Å². The van der Waals surface area contributed by atoms with E-state index in [0.29, 0.717) is 27.3 Å². The van der Waals surface area contributed by atoms with E-state index in [4.69, 9.17) is 5.73 Å². The number of hydrogen-bond acceptors (Lipinski definition) is 9. The van der Waals surface area contributed by atoms with Crippen molar-refractivity contribution in [3.05, 3.63) is 63.3 Å². The van der Waals surface area contributed by atoms with Crippen molar-refractivity contribution in [1.82, 2.24) is 9.97 Å². The van der Waals surface area contributed by atoms with Gasteiger partial charge in [-0.25, -0.2) is 9.97 Å². The summed E-state index contributed by atoms with van der Waals surface area (Å²) in [5, 5.41) is 16.2. The molecule has 2 amide bonds. The Kier molecular flexibility index (Phi) is 7.08. The number of aromatic nitrogens is 2. The van der Waals surface area contributed by atoms with Gasteiger partial charge in [-0.05, 0) is 44.0 Å². The number of piperidine rings is 1. The van der Waals surface area contributed by atoms with Gasteiger partial charge in [-0.2, -0.15) is 0 Å². The number of primary amides is 1. The van der Waals surface area contributed by atoms with Gasteiger partial charge in [0, 0.05) is 35.8 Å². The SMILES string of the molecule is Cc1csc(Sc2ccc(C(=O)Nc3ccc(N4CCCC(C(N)=O)C4)nc3)cc2[N+](=O)[O-])n1. The minimum absolute atomic E-state index is 0.159. The fourth-order valence-electron chi connectivity index (χ4n) is 3.63. The molecule has 1 aliphatic heterocycles. The van der Waals surface area contributed by atoms with Crippen molar-refractivity contribution in [2.24, 2.45) is 11.7 Å². The van der Waals surface area contributed by atoms with Crippen molar-refractivity contribution in [3.8, 4) is 0 Å². The molecule has 2 aromatic heterocycles. The lowest BCUT2D eigenvalue weighted by Crippen LogP contribution is -2.41. The number of carbonyl (C=O) groups is 2. The molecule has 10 nitrogen and oxygen atoms in total. The van der Waals surface area contributed by atoms with E-state index in [-0.39, 0.29) is 23.1 Å². The summed E-state index contributed by atoms with van der Waals surface area (Å²) in [6, 6.07) is 7.83. The molecule has 34 heavy (non-hydrogen) atoms. The summed E-state index contributed by atoms with van der Waals surface area (Å²) in [7, 11) is 0. The predicted octanol–water partition coefficient (Wildman–Crippen LogP) is 3.86. The molecule has 0 aliphatic carbocycles. The summed E-state index contributed by atoms with van der Waals surface area (Å²) in [5.74, 6) is -0.301. The van der Waals surface area contributed by atoms with E-state index in [2.05, 4.69) is 15.3 Å². The first-order chi connectivity index (χ1) is 16.3. The topological polar surface area (TPSA) is 144 Å². The molecule has 176 valence electrons. The summed E-state index contributed by atoms with van der Waals surface area (Å²) in [6.45, 7) is 3.15. The van der Waals surface area contributed by atoms with Crippen LogP contribution in [0.4, 0.5) is 17.2 Å². The second kappa shape index (κ2) is 10.2. The number of nitro benzene ring substituents is 1. The first-order valence-corrected chi connectivity index (χ1v) is 12.2. The van der Waals surface area contributed by atoms with Crippen LogP contribution in [0.5, 0.6) is 0 Å². The van der Waals surface area contributed by atoms with Gasteiger partial charge >= 0.3 is 0 Å². The molecule has 4 rings (SSSR count). The first-order valence-electron chi connectivity index (χ1n) is 10.5. The second-order valence-corrected chi connectivity index (χ2v) is 9.99. The molecular weight excluding hydrogens is 476 g/mol. The standard InChI is InChI=1S/C22H22N6O4S2/c1-13-12-33-22(25-13)34-18-6-4-14(9-17(18)28(31)32)21(30)26-16-5-7-19(24-10-16)27-8-2-3-15(11-27)20(23)29/h4-7,9-10,12,15H,2-3,8,11H2,1H3,(H2,23,29)(H,26,30). The van der Waals surface area contributed by atoms with Crippen LogP contribution in [0, 0.1) is 23.0 Å². The van der Waals surface area contributed by atoms with E-state index < -0.39 is 10.8 Å². The minimum atomic E-state index is -0.506. The molecule has 1 saturated heterocycles. The summed E-state index contributed by atoms with van der Waals surface area (Å²) in [6.07, 6.45) is 3.14. The Hall–Kier alpha value is -3.51. The van der Waals surface area contributed by atoms with Gasteiger partial charge in [0.05, 0.1) is 27.6 Å². The number of benzene rings is 1. The highest BCUT2D eigenvalue weighted by atomic mass is 32.2. The summed E-state index contributed by atoms with van der Waals surface area (Å²) in [4.78, 5) is 46.4. The number of carbonyl (C=O) groups excluding carboxylic acids is 2. The van der Waals surface area contributed by atoms with Crippen molar-refractivity contribution >= 4 is 52.1 Å². The minimum Gasteiger partial charge on any atom is -0.369 e. The lowest BCUT2D eigenvalue weighted by atomic mass is 9.97. The Balaban J connectivity index is 1.45. The van der Waals surface area contributed by atoms with Crippen LogP contribution in [-0.2, 0) is 4.79 Å². The van der Waals surface area contributed by atoms with Gasteiger partial charge in [-0.15, -0.1) is 11.3 Å². The highest BCUT2D eigenvalue weighted by Gasteiger charge is 2.25.